The number of imidazole rings is 1. The smallest absolute Gasteiger partial charge is 0.154 e. The number of unbranched alkanes of at least 4 members (excludes halogenated alkanes) is 3. The van der Waals surface area contributed by atoms with E-state index in [0.29, 0.717) is 0 Å². The number of aryl methyl sites for hydroxylation is 1. The number of sulfone groups is 1. The standard InChI is InChI=1S/C22H35N3O2S/c1-4-5-6-7-17-28(26,27)18-19-10-12-20(13-11-19)22(2,3)25-14-8-9-21-23-15-16-24-21/h10-13,15-16,25H,4-9,14,17-18H2,1-3H3,(H,23,24). The number of H-pyrrole nitrogens is 1. The van der Waals surface area contributed by atoms with Crippen LogP contribution in [0.3, 0.4) is 0 Å². The Morgan fingerprint density at radius 2 is 1.82 bits per heavy atom. The Bertz CT molecular complexity index is 782. The van der Waals surface area contributed by atoms with Crippen molar-refractivity contribution in [3.05, 3.63) is 53.6 Å². The quantitative estimate of drug-likeness (QED) is 0.486. The molecule has 0 fully saturated rings. The van der Waals surface area contributed by atoms with Gasteiger partial charge in [0.1, 0.15) is 5.82 Å². The lowest BCUT2D eigenvalue weighted by Crippen LogP contribution is -2.37. The molecule has 2 aromatic rings. The minimum atomic E-state index is -3.03. The molecule has 0 aliphatic carbocycles. The highest BCUT2D eigenvalue weighted by Crippen LogP contribution is 2.21. The van der Waals surface area contributed by atoms with Gasteiger partial charge in [-0.1, -0.05) is 50.5 Å². The second-order valence-corrected chi connectivity index (χ2v) is 10.2. The average Bonchev–Trinajstić information content (AvgIpc) is 3.16. The summed E-state index contributed by atoms with van der Waals surface area (Å²) < 4.78 is 24.6. The van der Waals surface area contributed by atoms with Crippen LogP contribution in [0.4, 0.5) is 0 Å². The maximum Gasteiger partial charge on any atom is 0.154 e. The minimum absolute atomic E-state index is 0.135. The van der Waals surface area contributed by atoms with Crippen LogP contribution in [0.1, 0.15) is 69.8 Å². The Labute approximate surface area is 170 Å². The highest BCUT2D eigenvalue weighted by atomic mass is 32.2. The molecule has 0 atom stereocenters. The number of hydrogen-bond acceptors (Lipinski definition) is 4. The molecule has 0 bridgehead atoms. The van der Waals surface area contributed by atoms with E-state index >= 15 is 0 Å². The van der Waals surface area contributed by atoms with Crippen molar-refractivity contribution in [1.29, 1.82) is 0 Å². The average molecular weight is 406 g/mol. The topological polar surface area (TPSA) is 74.8 Å². The molecule has 0 unspecified atom stereocenters. The van der Waals surface area contributed by atoms with Crippen molar-refractivity contribution in [3.63, 3.8) is 0 Å². The number of nitrogens with one attached hydrogen (secondary N) is 2. The van der Waals surface area contributed by atoms with Crippen LogP contribution in [0.15, 0.2) is 36.7 Å². The summed E-state index contributed by atoms with van der Waals surface area (Å²) in [7, 11) is -3.03. The number of hydrogen-bond donors (Lipinski definition) is 2. The van der Waals surface area contributed by atoms with E-state index in [0.717, 1.165) is 62.0 Å². The van der Waals surface area contributed by atoms with Gasteiger partial charge >= 0.3 is 0 Å². The lowest BCUT2D eigenvalue weighted by atomic mass is 9.93. The molecule has 2 rings (SSSR count). The van der Waals surface area contributed by atoms with Crippen LogP contribution in [-0.2, 0) is 27.5 Å². The van der Waals surface area contributed by atoms with Gasteiger partial charge in [-0.05, 0) is 44.4 Å². The molecule has 0 saturated heterocycles. The first-order chi connectivity index (χ1) is 13.3. The summed E-state index contributed by atoms with van der Waals surface area (Å²) in [4.78, 5) is 7.36. The first-order valence-electron chi connectivity index (χ1n) is 10.4. The van der Waals surface area contributed by atoms with E-state index < -0.39 is 9.84 Å². The molecule has 1 aromatic carbocycles. The summed E-state index contributed by atoms with van der Waals surface area (Å²) in [5.41, 5.74) is 1.86. The zero-order valence-corrected chi connectivity index (χ0v) is 18.3. The van der Waals surface area contributed by atoms with E-state index in [9.17, 15) is 8.42 Å². The molecule has 1 aromatic heterocycles. The largest absolute Gasteiger partial charge is 0.349 e. The van der Waals surface area contributed by atoms with Gasteiger partial charge in [-0.3, -0.25) is 0 Å². The van der Waals surface area contributed by atoms with Gasteiger partial charge in [-0.25, -0.2) is 13.4 Å². The zero-order chi connectivity index (χ0) is 20.5. The van der Waals surface area contributed by atoms with Gasteiger partial charge in [0, 0.05) is 24.4 Å². The van der Waals surface area contributed by atoms with Crippen LogP contribution in [-0.4, -0.2) is 30.7 Å². The van der Waals surface area contributed by atoms with Crippen molar-refractivity contribution in [2.75, 3.05) is 12.3 Å². The maximum atomic E-state index is 12.3. The van der Waals surface area contributed by atoms with Crippen molar-refractivity contribution in [1.82, 2.24) is 15.3 Å². The molecule has 6 heteroatoms. The summed E-state index contributed by atoms with van der Waals surface area (Å²) in [5.74, 6) is 1.44. The van der Waals surface area contributed by atoms with E-state index in [1.165, 1.54) is 0 Å². The first-order valence-corrected chi connectivity index (χ1v) is 12.2. The van der Waals surface area contributed by atoms with Gasteiger partial charge in [-0.15, -0.1) is 0 Å². The van der Waals surface area contributed by atoms with E-state index in [4.69, 9.17) is 0 Å². The normalized spacial score (nSPS) is 12.4. The van der Waals surface area contributed by atoms with Crippen LogP contribution < -0.4 is 5.32 Å². The van der Waals surface area contributed by atoms with E-state index in [2.05, 4.69) is 36.1 Å². The van der Waals surface area contributed by atoms with Gasteiger partial charge in [-0.2, -0.15) is 0 Å². The SMILES string of the molecule is CCCCCCS(=O)(=O)Cc1ccc(C(C)(C)NCCCc2ncc[nH]2)cc1. The molecule has 0 amide bonds. The molecule has 156 valence electrons. The fourth-order valence-corrected chi connectivity index (χ4v) is 4.77. The summed E-state index contributed by atoms with van der Waals surface area (Å²) in [6, 6.07) is 7.99. The fraction of sp³-hybridized carbons (Fsp3) is 0.591. The number of benzene rings is 1. The van der Waals surface area contributed by atoms with Crippen molar-refractivity contribution < 1.29 is 8.42 Å². The first kappa shape index (κ1) is 22.6. The summed E-state index contributed by atoms with van der Waals surface area (Å²) >= 11 is 0. The molecule has 0 aliphatic heterocycles. The van der Waals surface area contributed by atoms with Crippen LogP contribution >= 0.6 is 0 Å². The summed E-state index contributed by atoms with van der Waals surface area (Å²) in [6.45, 7) is 7.33. The molecule has 5 nitrogen and oxygen atoms in total. The van der Waals surface area contributed by atoms with Crippen molar-refractivity contribution in [3.8, 4) is 0 Å². The predicted molar refractivity (Wildman–Crippen MR) is 116 cm³/mol. The molecule has 1 heterocycles. The highest BCUT2D eigenvalue weighted by molar-refractivity contribution is 7.90. The van der Waals surface area contributed by atoms with E-state index in [1.807, 2.05) is 30.5 Å². The molecule has 0 saturated carbocycles. The van der Waals surface area contributed by atoms with Gasteiger partial charge in [0.15, 0.2) is 9.84 Å². The molecule has 0 aliphatic rings. The van der Waals surface area contributed by atoms with Gasteiger partial charge in [0.25, 0.3) is 0 Å². The molecule has 2 N–H and O–H groups in total. The summed E-state index contributed by atoms with van der Waals surface area (Å²) in [6.07, 6.45) is 9.54. The second-order valence-electron chi connectivity index (χ2n) is 8.04. The number of nitrogens with zero attached hydrogens (tertiary/aromatic N) is 1. The van der Waals surface area contributed by atoms with Crippen molar-refractivity contribution in [2.45, 2.75) is 70.6 Å². The molecular formula is C22H35N3O2S. The Morgan fingerprint density at radius 1 is 1.07 bits per heavy atom. The third-order valence-corrected chi connectivity index (χ3v) is 6.77. The Hall–Kier alpha value is -1.66. The third kappa shape index (κ3) is 7.76. The molecular weight excluding hydrogens is 370 g/mol. The lowest BCUT2D eigenvalue weighted by Gasteiger charge is -2.27. The zero-order valence-electron chi connectivity index (χ0n) is 17.5. The van der Waals surface area contributed by atoms with Crippen LogP contribution in [0.5, 0.6) is 0 Å². The highest BCUT2D eigenvalue weighted by Gasteiger charge is 2.20. The second kappa shape index (κ2) is 10.8. The minimum Gasteiger partial charge on any atom is -0.349 e. The molecule has 28 heavy (non-hydrogen) atoms. The van der Waals surface area contributed by atoms with Crippen molar-refractivity contribution in [2.24, 2.45) is 0 Å². The summed E-state index contributed by atoms with van der Waals surface area (Å²) in [5, 5.41) is 3.59. The van der Waals surface area contributed by atoms with E-state index in [-0.39, 0.29) is 17.0 Å². The van der Waals surface area contributed by atoms with Crippen LogP contribution in [0.25, 0.3) is 0 Å². The number of aromatic nitrogens is 2. The van der Waals surface area contributed by atoms with Crippen LogP contribution in [0, 0.1) is 0 Å². The lowest BCUT2D eigenvalue weighted by molar-refractivity contribution is 0.399. The molecule has 0 radical (unpaired) electrons. The van der Waals surface area contributed by atoms with Crippen LogP contribution in [0.2, 0.25) is 0 Å². The van der Waals surface area contributed by atoms with Gasteiger partial charge in [0.2, 0.25) is 0 Å². The van der Waals surface area contributed by atoms with Gasteiger partial charge < -0.3 is 10.3 Å². The molecule has 0 spiro atoms. The number of aromatic amines is 1. The van der Waals surface area contributed by atoms with Gasteiger partial charge in [0.05, 0.1) is 11.5 Å². The fourth-order valence-electron chi connectivity index (χ4n) is 3.29. The maximum absolute atomic E-state index is 12.3. The Balaban J connectivity index is 1.82. The Morgan fingerprint density at radius 3 is 2.46 bits per heavy atom. The monoisotopic (exact) mass is 405 g/mol. The number of rotatable bonds is 13. The third-order valence-electron chi connectivity index (χ3n) is 5.08. The predicted octanol–water partition coefficient (Wildman–Crippen LogP) is 4.36. The van der Waals surface area contributed by atoms with E-state index in [1.54, 1.807) is 6.20 Å². The Kier molecular flexibility index (Phi) is 8.70. The van der Waals surface area contributed by atoms with Crippen molar-refractivity contribution >= 4 is 9.84 Å².